The third kappa shape index (κ3) is 3.26. The van der Waals surface area contributed by atoms with E-state index in [-0.39, 0.29) is 18.0 Å². The van der Waals surface area contributed by atoms with Crippen LogP contribution in [-0.4, -0.2) is 43.6 Å². The Morgan fingerprint density at radius 3 is 2.76 bits per heavy atom. The van der Waals surface area contributed by atoms with Crippen LogP contribution in [0.4, 0.5) is 4.39 Å². The lowest BCUT2D eigenvalue weighted by atomic mass is 9.96. The lowest BCUT2D eigenvalue weighted by Crippen LogP contribution is -2.49. The Bertz CT molecular complexity index is 619. The van der Waals surface area contributed by atoms with Crippen LogP contribution in [0.25, 0.3) is 0 Å². The maximum atomic E-state index is 14.0. The molecular weight excluding hydrogens is 297 g/mol. The van der Waals surface area contributed by atoms with Crippen molar-refractivity contribution in [3.8, 4) is 0 Å². The second-order valence-electron chi connectivity index (χ2n) is 5.52. The van der Waals surface area contributed by atoms with Crippen LogP contribution in [0, 0.1) is 5.82 Å². The van der Waals surface area contributed by atoms with E-state index in [1.54, 1.807) is 7.11 Å². The number of methoxy groups -OCH3 is 1. The van der Waals surface area contributed by atoms with Crippen LogP contribution in [0.1, 0.15) is 25.3 Å². The summed E-state index contributed by atoms with van der Waals surface area (Å²) in [5.74, 6) is -0.841. The van der Waals surface area contributed by atoms with Gasteiger partial charge >= 0.3 is 0 Å². The fourth-order valence-corrected chi connectivity index (χ4v) is 4.16. The summed E-state index contributed by atoms with van der Waals surface area (Å²) in [5, 5.41) is 8.96. The zero-order chi connectivity index (χ0) is 15.7. The van der Waals surface area contributed by atoms with E-state index in [9.17, 15) is 12.8 Å². The summed E-state index contributed by atoms with van der Waals surface area (Å²) in [6, 6.07) is 3.66. The molecule has 7 heteroatoms. The van der Waals surface area contributed by atoms with Crippen LogP contribution in [0.2, 0.25) is 0 Å². The summed E-state index contributed by atoms with van der Waals surface area (Å²) in [6.45, 7) is 2.07. The van der Waals surface area contributed by atoms with E-state index in [1.165, 1.54) is 16.4 Å². The SMILES string of the molecule is COC1(C)CCCN(S(=O)(=O)c2ccc(CO)cc2F)C1. The van der Waals surface area contributed by atoms with E-state index in [4.69, 9.17) is 9.84 Å². The Morgan fingerprint density at radius 2 is 2.19 bits per heavy atom. The molecule has 1 fully saturated rings. The molecule has 1 aromatic carbocycles. The van der Waals surface area contributed by atoms with Crippen molar-refractivity contribution in [1.29, 1.82) is 0 Å². The molecule has 0 aliphatic carbocycles. The van der Waals surface area contributed by atoms with Crippen molar-refractivity contribution < 1.29 is 22.7 Å². The summed E-state index contributed by atoms with van der Waals surface area (Å²) in [6.07, 6.45) is 1.43. The minimum Gasteiger partial charge on any atom is -0.392 e. The maximum absolute atomic E-state index is 14.0. The van der Waals surface area contributed by atoms with Crippen LogP contribution >= 0.6 is 0 Å². The zero-order valence-electron chi connectivity index (χ0n) is 12.2. The van der Waals surface area contributed by atoms with E-state index < -0.39 is 21.4 Å². The Morgan fingerprint density at radius 1 is 1.48 bits per heavy atom. The average Bonchev–Trinajstić information content (AvgIpc) is 2.46. The predicted octanol–water partition coefficient (Wildman–Crippen LogP) is 1.51. The summed E-state index contributed by atoms with van der Waals surface area (Å²) in [4.78, 5) is -0.361. The highest BCUT2D eigenvalue weighted by Crippen LogP contribution is 2.29. The molecule has 5 nitrogen and oxygen atoms in total. The second-order valence-corrected chi connectivity index (χ2v) is 7.43. The van der Waals surface area contributed by atoms with E-state index in [0.717, 1.165) is 12.5 Å². The summed E-state index contributed by atoms with van der Waals surface area (Å²) in [5.41, 5.74) is -0.209. The second kappa shape index (κ2) is 6.00. The number of piperidine rings is 1. The van der Waals surface area contributed by atoms with Gasteiger partial charge in [0.25, 0.3) is 0 Å². The molecule has 0 saturated carbocycles. The van der Waals surface area contributed by atoms with Gasteiger partial charge in [-0.1, -0.05) is 6.07 Å². The molecule has 1 atom stereocenters. The number of nitrogens with zero attached hydrogens (tertiary/aromatic N) is 1. The molecule has 1 aliphatic rings. The van der Waals surface area contributed by atoms with Gasteiger partial charge in [0, 0.05) is 20.2 Å². The molecule has 2 rings (SSSR count). The lowest BCUT2D eigenvalue weighted by Gasteiger charge is -2.38. The van der Waals surface area contributed by atoms with Crippen LogP contribution in [-0.2, 0) is 21.4 Å². The molecule has 0 amide bonds. The normalized spacial score (nSPS) is 24.2. The first-order valence-electron chi connectivity index (χ1n) is 6.77. The molecule has 1 aromatic rings. The van der Waals surface area contributed by atoms with E-state index in [2.05, 4.69) is 0 Å². The molecule has 0 aromatic heterocycles. The number of rotatable bonds is 4. The predicted molar refractivity (Wildman–Crippen MR) is 75.7 cm³/mol. The summed E-state index contributed by atoms with van der Waals surface area (Å²) in [7, 11) is -2.35. The van der Waals surface area contributed by atoms with E-state index >= 15 is 0 Å². The quantitative estimate of drug-likeness (QED) is 0.914. The number of aliphatic hydroxyl groups is 1. The van der Waals surface area contributed by atoms with Gasteiger partial charge in [0.2, 0.25) is 10.0 Å². The monoisotopic (exact) mass is 317 g/mol. The van der Waals surface area contributed by atoms with Crippen LogP contribution in [0.15, 0.2) is 23.1 Å². The first kappa shape index (κ1) is 16.4. The number of ether oxygens (including phenoxy) is 1. The highest BCUT2D eigenvalue weighted by atomic mass is 32.2. The van der Waals surface area contributed by atoms with Crippen LogP contribution < -0.4 is 0 Å². The lowest BCUT2D eigenvalue weighted by molar-refractivity contribution is -0.0319. The Balaban J connectivity index is 2.34. The van der Waals surface area contributed by atoms with Crippen molar-refractivity contribution in [2.24, 2.45) is 0 Å². The van der Waals surface area contributed by atoms with Gasteiger partial charge in [-0.15, -0.1) is 0 Å². The third-order valence-corrected chi connectivity index (χ3v) is 5.79. The minimum absolute atomic E-state index is 0.201. The topological polar surface area (TPSA) is 66.8 Å². The van der Waals surface area contributed by atoms with E-state index in [1.807, 2.05) is 6.92 Å². The van der Waals surface area contributed by atoms with Crippen molar-refractivity contribution >= 4 is 10.0 Å². The molecule has 0 bridgehead atoms. The van der Waals surface area contributed by atoms with Gasteiger partial charge in [0.05, 0.1) is 12.2 Å². The smallest absolute Gasteiger partial charge is 0.246 e. The van der Waals surface area contributed by atoms with Crippen molar-refractivity contribution in [3.63, 3.8) is 0 Å². The molecule has 1 N–H and O–H groups in total. The largest absolute Gasteiger partial charge is 0.392 e. The highest BCUT2D eigenvalue weighted by molar-refractivity contribution is 7.89. The Kier molecular flexibility index (Phi) is 4.67. The van der Waals surface area contributed by atoms with Crippen molar-refractivity contribution in [2.75, 3.05) is 20.2 Å². The molecule has 118 valence electrons. The third-order valence-electron chi connectivity index (χ3n) is 3.91. The molecule has 1 heterocycles. The number of hydrogen-bond acceptors (Lipinski definition) is 4. The first-order chi connectivity index (χ1) is 9.82. The number of aliphatic hydroxyl groups excluding tert-OH is 1. The average molecular weight is 317 g/mol. The van der Waals surface area contributed by atoms with Gasteiger partial charge in [-0.25, -0.2) is 12.8 Å². The first-order valence-corrected chi connectivity index (χ1v) is 8.21. The van der Waals surface area contributed by atoms with Crippen molar-refractivity contribution in [3.05, 3.63) is 29.6 Å². The minimum atomic E-state index is -3.90. The summed E-state index contributed by atoms with van der Waals surface area (Å²) < 4.78 is 45.8. The number of benzene rings is 1. The molecule has 1 unspecified atom stereocenters. The van der Waals surface area contributed by atoms with Gasteiger partial charge in [-0.3, -0.25) is 0 Å². The van der Waals surface area contributed by atoms with Gasteiger partial charge < -0.3 is 9.84 Å². The number of halogens is 1. The Hall–Kier alpha value is -1.02. The van der Waals surface area contributed by atoms with Gasteiger partial charge in [-0.05, 0) is 37.5 Å². The maximum Gasteiger partial charge on any atom is 0.246 e. The van der Waals surface area contributed by atoms with Crippen molar-refractivity contribution in [2.45, 2.75) is 36.9 Å². The highest BCUT2D eigenvalue weighted by Gasteiger charge is 2.38. The van der Waals surface area contributed by atoms with E-state index in [0.29, 0.717) is 18.5 Å². The number of hydrogen-bond donors (Lipinski definition) is 1. The number of sulfonamides is 1. The van der Waals surface area contributed by atoms with Crippen LogP contribution in [0.5, 0.6) is 0 Å². The van der Waals surface area contributed by atoms with Gasteiger partial charge in [0.15, 0.2) is 0 Å². The molecule has 1 aliphatic heterocycles. The molecule has 1 saturated heterocycles. The van der Waals surface area contributed by atoms with Crippen molar-refractivity contribution in [1.82, 2.24) is 4.31 Å². The molecular formula is C14H20FNO4S. The van der Waals surface area contributed by atoms with Crippen LogP contribution in [0.3, 0.4) is 0 Å². The molecule has 0 spiro atoms. The fraction of sp³-hybridized carbons (Fsp3) is 0.571. The fourth-order valence-electron chi connectivity index (χ4n) is 2.52. The molecule has 21 heavy (non-hydrogen) atoms. The summed E-state index contributed by atoms with van der Waals surface area (Å²) >= 11 is 0. The molecule has 0 radical (unpaired) electrons. The zero-order valence-corrected chi connectivity index (χ0v) is 13.0. The van der Waals surface area contributed by atoms with Gasteiger partial charge in [-0.2, -0.15) is 4.31 Å². The van der Waals surface area contributed by atoms with Gasteiger partial charge in [0.1, 0.15) is 10.7 Å². The standard InChI is InChI=1S/C14H20FNO4S/c1-14(20-2)6-3-7-16(10-14)21(18,19)13-5-4-11(9-17)8-12(13)15/h4-5,8,17H,3,6-7,9-10H2,1-2H3. The Labute approximate surface area is 124 Å².